The minimum absolute atomic E-state index is 0.00545. The van der Waals surface area contributed by atoms with Gasteiger partial charge in [0.1, 0.15) is 5.82 Å². The van der Waals surface area contributed by atoms with Gasteiger partial charge in [-0.2, -0.15) is 0 Å². The Morgan fingerprint density at radius 2 is 1.91 bits per heavy atom. The lowest BCUT2D eigenvalue weighted by Gasteiger charge is -2.53. The number of carbonyl (C=O) groups is 2. The Labute approximate surface area is 193 Å². The van der Waals surface area contributed by atoms with Gasteiger partial charge in [0.05, 0.1) is 35.6 Å². The molecule has 172 valence electrons. The number of benzene rings is 2. The highest BCUT2D eigenvalue weighted by molar-refractivity contribution is 6.02. The predicted octanol–water partition coefficient (Wildman–Crippen LogP) is 3.77. The molecule has 0 bridgehead atoms. The smallest absolute Gasteiger partial charge is 0.254 e. The van der Waals surface area contributed by atoms with Crippen molar-refractivity contribution in [3.8, 4) is 0 Å². The molecule has 0 radical (unpaired) electrons. The Morgan fingerprint density at radius 1 is 1.15 bits per heavy atom. The Hall–Kier alpha value is -3.19. The lowest BCUT2D eigenvalue weighted by Crippen LogP contribution is -2.63. The number of carbonyl (C=O) groups excluding carboxylic acids is 2. The van der Waals surface area contributed by atoms with E-state index in [-0.39, 0.29) is 11.8 Å². The van der Waals surface area contributed by atoms with E-state index in [9.17, 15) is 9.59 Å². The Morgan fingerprint density at radius 3 is 2.70 bits per heavy atom. The van der Waals surface area contributed by atoms with Gasteiger partial charge < -0.3 is 19.9 Å². The summed E-state index contributed by atoms with van der Waals surface area (Å²) in [7, 11) is 1.65. The van der Waals surface area contributed by atoms with Crippen LogP contribution in [0.4, 0.5) is 0 Å². The van der Waals surface area contributed by atoms with Gasteiger partial charge in [-0.05, 0) is 36.6 Å². The monoisotopic (exact) mass is 446 g/mol. The third-order valence-electron chi connectivity index (χ3n) is 7.19. The van der Waals surface area contributed by atoms with E-state index in [1.54, 1.807) is 7.11 Å². The molecule has 5 rings (SSSR count). The summed E-state index contributed by atoms with van der Waals surface area (Å²) in [6, 6.07) is 15.4. The molecular weight excluding hydrogens is 416 g/mol. The summed E-state index contributed by atoms with van der Waals surface area (Å²) >= 11 is 0. The number of nitrogens with zero attached hydrogens (tertiary/aromatic N) is 2. The van der Waals surface area contributed by atoms with Crippen molar-refractivity contribution in [3.05, 3.63) is 65.5 Å². The number of aromatic amines is 1. The molecule has 2 aliphatic rings. The molecule has 7 heteroatoms. The fourth-order valence-corrected chi connectivity index (χ4v) is 5.71. The van der Waals surface area contributed by atoms with Gasteiger partial charge in [-0.15, -0.1) is 0 Å². The fourth-order valence-electron chi connectivity index (χ4n) is 5.71. The third kappa shape index (κ3) is 3.80. The van der Waals surface area contributed by atoms with Crippen LogP contribution >= 0.6 is 0 Å². The maximum Gasteiger partial charge on any atom is 0.254 e. The summed E-state index contributed by atoms with van der Waals surface area (Å²) in [6.07, 6.45) is 4.78. The fraction of sp³-hybridized carbons (Fsp3) is 0.423. The molecule has 1 fully saturated rings. The van der Waals surface area contributed by atoms with Crippen LogP contribution in [0.1, 0.15) is 59.8 Å². The minimum atomic E-state index is -0.528. The van der Waals surface area contributed by atoms with E-state index >= 15 is 0 Å². The van der Waals surface area contributed by atoms with Crippen LogP contribution in [0.5, 0.6) is 0 Å². The van der Waals surface area contributed by atoms with Gasteiger partial charge in [0.25, 0.3) is 5.91 Å². The largest absolute Gasteiger partial charge is 0.383 e. The van der Waals surface area contributed by atoms with E-state index in [0.29, 0.717) is 25.3 Å². The molecule has 0 unspecified atom stereocenters. The average Bonchev–Trinajstić information content (AvgIpc) is 3.26. The molecule has 1 aliphatic heterocycles. The van der Waals surface area contributed by atoms with Crippen molar-refractivity contribution >= 4 is 22.8 Å². The number of fused-ring (bicyclic) bond motifs is 2. The van der Waals surface area contributed by atoms with Crippen molar-refractivity contribution in [2.75, 3.05) is 20.3 Å². The van der Waals surface area contributed by atoms with Crippen molar-refractivity contribution in [2.24, 2.45) is 0 Å². The number of nitrogens with one attached hydrogen (secondary N) is 2. The van der Waals surface area contributed by atoms with E-state index in [2.05, 4.69) is 15.3 Å². The van der Waals surface area contributed by atoms with Crippen LogP contribution in [-0.2, 0) is 16.1 Å². The maximum absolute atomic E-state index is 13.8. The highest BCUT2D eigenvalue weighted by atomic mass is 16.5. The normalized spacial score (nSPS) is 19.6. The molecule has 2 aromatic carbocycles. The standard InChI is InChI=1S/C26H30N4O3/c1-33-16-15-30-25(32)19-10-4-3-9-18(19)23(26(30)13-7-2-8-14-26)24(31)27-17-22-28-20-11-5-6-12-21(20)29-22/h3-6,9-12,23H,2,7-8,13-17H2,1H3,(H,27,31)(H,28,29)/t23-/m1/s1. The Balaban J connectivity index is 1.49. The van der Waals surface area contributed by atoms with Crippen LogP contribution in [0.3, 0.4) is 0 Å². The number of imidazole rings is 1. The lowest BCUT2D eigenvalue weighted by atomic mass is 9.65. The van der Waals surface area contributed by atoms with Gasteiger partial charge in [-0.1, -0.05) is 49.6 Å². The molecule has 1 saturated carbocycles. The SMILES string of the molecule is COCCN1C(=O)c2ccccc2[C@H](C(=O)NCc2nc3ccccc3[nH]2)C12CCCCC2. The molecule has 2 amide bonds. The molecule has 2 heterocycles. The van der Waals surface area contributed by atoms with E-state index in [0.717, 1.165) is 54.5 Å². The van der Waals surface area contributed by atoms with Gasteiger partial charge >= 0.3 is 0 Å². The Kier molecular flexibility index (Phi) is 5.89. The number of methoxy groups -OCH3 is 1. The van der Waals surface area contributed by atoms with Crippen LogP contribution in [-0.4, -0.2) is 52.5 Å². The van der Waals surface area contributed by atoms with Crippen LogP contribution in [0.15, 0.2) is 48.5 Å². The highest BCUT2D eigenvalue weighted by Crippen LogP contribution is 2.49. The molecule has 1 aromatic heterocycles. The van der Waals surface area contributed by atoms with Gasteiger partial charge in [0, 0.05) is 19.2 Å². The quantitative estimate of drug-likeness (QED) is 0.603. The first-order valence-corrected chi connectivity index (χ1v) is 11.8. The number of hydrogen-bond donors (Lipinski definition) is 2. The first kappa shape index (κ1) is 21.6. The number of amides is 2. The topological polar surface area (TPSA) is 87.3 Å². The summed E-state index contributed by atoms with van der Waals surface area (Å²) in [6.45, 7) is 1.24. The second-order valence-corrected chi connectivity index (χ2v) is 9.05. The lowest BCUT2D eigenvalue weighted by molar-refractivity contribution is -0.127. The molecule has 33 heavy (non-hydrogen) atoms. The van der Waals surface area contributed by atoms with E-state index in [4.69, 9.17) is 4.74 Å². The van der Waals surface area contributed by atoms with Crippen molar-refractivity contribution in [1.29, 1.82) is 0 Å². The molecule has 1 atom stereocenters. The minimum Gasteiger partial charge on any atom is -0.383 e. The van der Waals surface area contributed by atoms with Crippen molar-refractivity contribution in [1.82, 2.24) is 20.2 Å². The van der Waals surface area contributed by atoms with Crippen LogP contribution in [0.2, 0.25) is 0 Å². The molecular formula is C26H30N4O3. The maximum atomic E-state index is 13.8. The molecule has 0 saturated heterocycles. The number of ether oxygens (including phenoxy) is 1. The summed E-state index contributed by atoms with van der Waals surface area (Å²) in [5.74, 6) is 0.247. The molecule has 1 aliphatic carbocycles. The number of H-pyrrole nitrogens is 1. The second kappa shape index (κ2) is 8.98. The van der Waals surface area contributed by atoms with Crippen molar-refractivity contribution in [2.45, 2.75) is 50.1 Å². The van der Waals surface area contributed by atoms with Crippen molar-refractivity contribution in [3.63, 3.8) is 0 Å². The van der Waals surface area contributed by atoms with Gasteiger partial charge in [-0.25, -0.2) is 4.98 Å². The van der Waals surface area contributed by atoms with Gasteiger partial charge in [-0.3, -0.25) is 9.59 Å². The second-order valence-electron chi connectivity index (χ2n) is 9.05. The molecule has 7 nitrogen and oxygen atoms in total. The van der Waals surface area contributed by atoms with Gasteiger partial charge in [0.2, 0.25) is 5.91 Å². The van der Waals surface area contributed by atoms with Crippen LogP contribution in [0.25, 0.3) is 11.0 Å². The summed E-state index contributed by atoms with van der Waals surface area (Å²) in [5.41, 5.74) is 2.75. The number of hydrogen-bond acceptors (Lipinski definition) is 4. The average molecular weight is 447 g/mol. The summed E-state index contributed by atoms with van der Waals surface area (Å²) < 4.78 is 5.34. The molecule has 2 N–H and O–H groups in total. The van der Waals surface area contributed by atoms with Crippen LogP contribution in [0, 0.1) is 0 Å². The first-order valence-electron chi connectivity index (χ1n) is 11.8. The van der Waals surface area contributed by atoms with Gasteiger partial charge in [0.15, 0.2) is 0 Å². The zero-order chi connectivity index (χ0) is 22.8. The van der Waals surface area contributed by atoms with E-state index in [1.807, 2.05) is 53.4 Å². The number of rotatable bonds is 6. The van der Waals surface area contributed by atoms with Crippen molar-refractivity contribution < 1.29 is 14.3 Å². The summed E-state index contributed by atoms with van der Waals surface area (Å²) in [5, 5.41) is 3.13. The zero-order valence-electron chi connectivity index (χ0n) is 19.0. The van der Waals surface area contributed by atoms with Crippen LogP contribution < -0.4 is 5.32 Å². The molecule has 1 spiro atoms. The third-order valence-corrected chi connectivity index (χ3v) is 7.19. The number of aromatic nitrogens is 2. The Bertz CT molecular complexity index is 1130. The number of para-hydroxylation sites is 2. The van der Waals surface area contributed by atoms with E-state index in [1.165, 1.54) is 0 Å². The zero-order valence-corrected chi connectivity index (χ0v) is 19.0. The summed E-state index contributed by atoms with van der Waals surface area (Å²) in [4.78, 5) is 37.2. The predicted molar refractivity (Wildman–Crippen MR) is 126 cm³/mol. The first-order chi connectivity index (χ1) is 16.1. The van der Waals surface area contributed by atoms with E-state index < -0.39 is 11.5 Å². The molecule has 3 aromatic rings. The highest BCUT2D eigenvalue weighted by Gasteiger charge is 2.54.